The van der Waals surface area contributed by atoms with Crippen molar-refractivity contribution in [2.75, 3.05) is 7.11 Å². The Morgan fingerprint density at radius 1 is 1.56 bits per heavy atom. The molecule has 2 heterocycles. The van der Waals surface area contributed by atoms with Crippen molar-refractivity contribution in [1.29, 1.82) is 0 Å². The van der Waals surface area contributed by atoms with Gasteiger partial charge in [-0.3, -0.25) is 5.32 Å². The van der Waals surface area contributed by atoms with Crippen LogP contribution in [0.4, 0.5) is 0 Å². The summed E-state index contributed by atoms with van der Waals surface area (Å²) in [6, 6.07) is 3.59. The summed E-state index contributed by atoms with van der Waals surface area (Å²) >= 11 is 3.13. The van der Waals surface area contributed by atoms with Crippen molar-refractivity contribution in [3.05, 3.63) is 38.5 Å². The Kier molecular flexibility index (Phi) is 4.46. The quantitative estimate of drug-likeness (QED) is 0.856. The third-order valence-corrected chi connectivity index (χ3v) is 4.41. The number of methoxy groups -OCH3 is 1. The number of hydrogen-bond donors (Lipinski definition) is 1. The van der Waals surface area contributed by atoms with Gasteiger partial charge in [0.05, 0.1) is 23.2 Å². The number of nitrogens with one attached hydrogen (secondary N) is 1. The molecule has 0 aliphatic carbocycles. The largest absolute Gasteiger partial charge is 0.468 e. The lowest BCUT2D eigenvalue weighted by molar-refractivity contribution is -0.143. The number of nitrogens with zero attached hydrogens (tertiary/aromatic N) is 1. The lowest BCUT2D eigenvalue weighted by Crippen LogP contribution is -2.28. The molecule has 1 unspecified atom stereocenters. The zero-order valence-electron chi connectivity index (χ0n) is 10.2. The number of hydrogen-bond acceptors (Lipinski definition) is 6. The normalized spacial score (nSPS) is 12.3. The molecule has 4 nitrogen and oxygen atoms in total. The lowest BCUT2D eigenvalue weighted by Gasteiger charge is -2.15. The van der Waals surface area contributed by atoms with E-state index in [1.165, 1.54) is 23.3 Å². The van der Waals surface area contributed by atoms with E-state index in [-0.39, 0.29) is 5.97 Å². The number of aromatic nitrogens is 1. The molecule has 0 aliphatic rings. The number of rotatable bonds is 5. The van der Waals surface area contributed by atoms with Gasteiger partial charge in [-0.2, -0.15) is 0 Å². The molecule has 0 radical (unpaired) electrons. The molecule has 0 saturated carbocycles. The second-order valence-electron chi connectivity index (χ2n) is 3.72. The van der Waals surface area contributed by atoms with Gasteiger partial charge in [0.1, 0.15) is 6.04 Å². The first-order chi connectivity index (χ1) is 8.72. The van der Waals surface area contributed by atoms with E-state index in [4.69, 9.17) is 4.74 Å². The SMILES string of the molecule is COC(=O)C(NCc1cccs1)c1scnc1C. The molecule has 0 spiro atoms. The predicted molar refractivity (Wildman–Crippen MR) is 72.8 cm³/mol. The molecule has 1 atom stereocenters. The summed E-state index contributed by atoms with van der Waals surface area (Å²) < 4.78 is 4.84. The summed E-state index contributed by atoms with van der Waals surface area (Å²) in [7, 11) is 1.40. The summed E-state index contributed by atoms with van der Waals surface area (Å²) in [6.07, 6.45) is 0. The van der Waals surface area contributed by atoms with E-state index in [9.17, 15) is 4.79 Å². The second kappa shape index (κ2) is 6.08. The molecule has 0 bridgehead atoms. The molecule has 2 aromatic heterocycles. The fourth-order valence-electron chi connectivity index (χ4n) is 1.60. The maximum atomic E-state index is 11.8. The van der Waals surface area contributed by atoms with Crippen LogP contribution in [0.15, 0.2) is 23.0 Å². The Balaban J connectivity index is 2.11. The van der Waals surface area contributed by atoms with Gasteiger partial charge in [0.25, 0.3) is 0 Å². The predicted octanol–water partition coefficient (Wildman–Crippen LogP) is 2.52. The first kappa shape index (κ1) is 13.2. The number of thiophene rings is 1. The Morgan fingerprint density at radius 2 is 2.39 bits per heavy atom. The molecule has 18 heavy (non-hydrogen) atoms. The third-order valence-electron chi connectivity index (χ3n) is 2.54. The van der Waals surface area contributed by atoms with Crippen LogP contribution >= 0.6 is 22.7 Å². The van der Waals surface area contributed by atoms with E-state index in [1.54, 1.807) is 16.8 Å². The number of esters is 1. The summed E-state index contributed by atoms with van der Waals surface area (Å²) in [5, 5.41) is 5.24. The van der Waals surface area contributed by atoms with Crippen LogP contribution < -0.4 is 5.32 Å². The molecule has 96 valence electrons. The smallest absolute Gasteiger partial charge is 0.328 e. The van der Waals surface area contributed by atoms with Crippen LogP contribution in [-0.4, -0.2) is 18.1 Å². The summed E-state index contributed by atoms with van der Waals surface area (Å²) in [5.74, 6) is -0.279. The number of carbonyl (C=O) groups is 1. The van der Waals surface area contributed by atoms with Gasteiger partial charge in [-0.15, -0.1) is 22.7 Å². The van der Waals surface area contributed by atoms with Crippen LogP contribution in [0.3, 0.4) is 0 Å². The molecule has 0 saturated heterocycles. The van der Waals surface area contributed by atoms with E-state index in [0.717, 1.165) is 10.6 Å². The minimum Gasteiger partial charge on any atom is -0.468 e. The van der Waals surface area contributed by atoms with E-state index in [2.05, 4.69) is 10.3 Å². The molecule has 2 rings (SSSR count). The zero-order chi connectivity index (χ0) is 13.0. The number of thiazole rings is 1. The summed E-state index contributed by atoms with van der Waals surface area (Å²) in [5.41, 5.74) is 2.61. The summed E-state index contributed by atoms with van der Waals surface area (Å²) in [6.45, 7) is 2.55. The van der Waals surface area contributed by atoms with E-state index in [1.807, 2.05) is 24.4 Å². The number of ether oxygens (including phenoxy) is 1. The zero-order valence-corrected chi connectivity index (χ0v) is 11.8. The number of carbonyl (C=O) groups excluding carboxylic acids is 1. The van der Waals surface area contributed by atoms with Crippen LogP contribution in [0.1, 0.15) is 21.5 Å². The van der Waals surface area contributed by atoms with Gasteiger partial charge in [0.15, 0.2) is 0 Å². The average molecular weight is 282 g/mol. The molecule has 0 aromatic carbocycles. The summed E-state index contributed by atoms with van der Waals surface area (Å²) in [4.78, 5) is 18.1. The van der Waals surface area contributed by atoms with Gasteiger partial charge >= 0.3 is 5.97 Å². The highest BCUT2D eigenvalue weighted by Crippen LogP contribution is 2.23. The van der Waals surface area contributed by atoms with Gasteiger partial charge in [-0.1, -0.05) is 6.07 Å². The van der Waals surface area contributed by atoms with E-state index < -0.39 is 6.04 Å². The highest BCUT2D eigenvalue weighted by molar-refractivity contribution is 7.10. The van der Waals surface area contributed by atoms with Crippen molar-refractivity contribution in [2.45, 2.75) is 19.5 Å². The van der Waals surface area contributed by atoms with Crippen molar-refractivity contribution in [2.24, 2.45) is 0 Å². The molecular weight excluding hydrogens is 268 g/mol. The van der Waals surface area contributed by atoms with Crippen LogP contribution in [0, 0.1) is 6.92 Å². The third kappa shape index (κ3) is 2.95. The van der Waals surface area contributed by atoms with Gasteiger partial charge < -0.3 is 4.74 Å². The molecular formula is C12H14N2O2S2. The maximum Gasteiger partial charge on any atom is 0.328 e. The van der Waals surface area contributed by atoms with Crippen molar-refractivity contribution >= 4 is 28.6 Å². The number of aryl methyl sites for hydroxylation is 1. The first-order valence-corrected chi connectivity index (χ1v) is 7.22. The fourth-order valence-corrected chi connectivity index (χ4v) is 3.12. The highest BCUT2D eigenvalue weighted by Gasteiger charge is 2.24. The fraction of sp³-hybridized carbons (Fsp3) is 0.333. The van der Waals surface area contributed by atoms with Gasteiger partial charge in [0, 0.05) is 11.4 Å². The molecule has 0 fully saturated rings. The van der Waals surface area contributed by atoms with Crippen LogP contribution in [0.25, 0.3) is 0 Å². The van der Waals surface area contributed by atoms with E-state index >= 15 is 0 Å². The monoisotopic (exact) mass is 282 g/mol. The standard InChI is InChI=1S/C12H14N2O2S2/c1-8-11(18-7-14-8)10(12(15)16-2)13-6-9-4-3-5-17-9/h3-5,7,10,13H,6H2,1-2H3. The molecule has 1 N–H and O–H groups in total. The van der Waals surface area contributed by atoms with Gasteiger partial charge in [-0.05, 0) is 18.4 Å². The maximum absolute atomic E-state index is 11.8. The van der Waals surface area contributed by atoms with Gasteiger partial charge in [-0.25, -0.2) is 9.78 Å². The molecule has 6 heteroatoms. The van der Waals surface area contributed by atoms with Crippen molar-refractivity contribution in [3.63, 3.8) is 0 Å². The minimum atomic E-state index is -0.440. The topological polar surface area (TPSA) is 51.2 Å². The lowest BCUT2D eigenvalue weighted by atomic mass is 10.2. The van der Waals surface area contributed by atoms with Crippen LogP contribution in [-0.2, 0) is 16.1 Å². The Morgan fingerprint density at radius 3 is 2.94 bits per heavy atom. The minimum absolute atomic E-state index is 0.279. The Labute approximate surface area is 114 Å². The van der Waals surface area contributed by atoms with Crippen molar-refractivity contribution in [1.82, 2.24) is 10.3 Å². The highest BCUT2D eigenvalue weighted by atomic mass is 32.1. The second-order valence-corrected chi connectivity index (χ2v) is 5.64. The van der Waals surface area contributed by atoms with E-state index in [0.29, 0.717) is 6.54 Å². The van der Waals surface area contributed by atoms with Crippen molar-refractivity contribution < 1.29 is 9.53 Å². The Bertz CT molecular complexity index is 508. The molecule has 2 aromatic rings. The van der Waals surface area contributed by atoms with Crippen LogP contribution in [0.5, 0.6) is 0 Å². The Hall–Kier alpha value is -1.24. The molecule has 0 amide bonds. The average Bonchev–Trinajstić information content (AvgIpc) is 3.01. The first-order valence-electron chi connectivity index (χ1n) is 5.46. The van der Waals surface area contributed by atoms with Crippen molar-refractivity contribution in [3.8, 4) is 0 Å². The molecule has 0 aliphatic heterocycles. The van der Waals surface area contributed by atoms with Gasteiger partial charge in [0.2, 0.25) is 0 Å². The van der Waals surface area contributed by atoms with Crippen LogP contribution in [0.2, 0.25) is 0 Å².